The van der Waals surface area contributed by atoms with Crippen molar-refractivity contribution in [2.75, 3.05) is 0 Å². The molecule has 4 heteroatoms. The Morgan fingerprint density at radius 1 is 1.00 bits per heavy atom. The van der Waals surface area contributed by atoms with Crippen LogP contribution in [0, 0.1) is 5.92 Å². The van der Waals surface area contributed by atoms with Crippen molar-refractivity contribution in [1.29, 1.82) is 0 Å². The van der Waals surface area contributed by atoms with Crippen LogP contribution in [0.5, 0.6) is 0 Å². The first-order valence-corrected chi connectivity index (χ1v) is 8.75. The van der Waals surface area contributed by atoms with Gasteiger partial charge in [0.2, 0.25) is 5.91 Å². The second-order valence-corrected chi connectivity index (χ2v) is 7.90. The zero-order valence-corrected chi connectivity index (χ0v) is 12.9. The number of rotatable bonds is 0. The summed E-state index contributed by atoms with van der Waals surface area (Å²) in [5.74, 6) is -0.276. The zero-order chi connectivity index (χ0) is 15.1. The second-order valence-electron chi connectivity index (χ2n) is 6.56. The number of carbonyl (C=O) groups is 1. The summed E-state index contributed by atoms with van der Waals surface area (Å²) >= 11 is 0. The molecule has 2 aromatic rings. The van der Waals surface area contributed by atoms with Gasteiger partial charge in [-0.2, -0.15) is 0 Å². The average molecular weight is 309 g/mol. The van der Waals surface area contributed by atoms with E-state index in [0.29, 0.717) is 0 Å². The van der Waals surface area contributed by atoms with Crippen LogP contribution in [0.2, 0.25) is 0 Å². The number of hydrogen-bond acceptors (Lipinski definition) is 2. The lowest BCUT2D eigenvalue weighted by atomic mass is 9.51. The highest BCUT2D eigenvalue weighted by molar-refractivity contribution is 7.85. The molecule has 22 heavy (non-hydrogen) atoms. The first-order chi connectivity index (χ1) is 10.6. The van der Waals surface area contributed by atoms with Crippen LogP contribution in [0.15, 0.2) is 48.5 Å². The van der Waals surface area contributed by atoms with E-state index in [1.165, 1.54) is 22.3 Å². The Labute approximate surface area is 131 Å². The minimum atomic E-state index is -1.31. The molecule has 1 saturated heterocycles. The Bertz CT molecular complexity index is 812. The van der Waals surface area contributed by atoms with E-state index in [1.54, 1.807) is 0 Å². The summed E-state index contributed by atoms with van der Waals surface area (Å²) in [5.41, 5.74) is 4.50. The van der Waals surface area contributed by atoms with Crippen molar-refractivity contribution in [3.63, 3.8) is 0 Å². The van der Waals surface area contributed by atoms with E-state index in [0.717, 1.165) is 0 Å². The fraction of sp³-hybridized carbons (Fsp3) is 0.278. The number of hydrogen-bond donors (Lipinski definition) is 1. The second kappa shape index (κ2) is 3.87. The smallest absolute Gasteiger partial charge is 0.237 e. The van der Waals surface area contributed by atoms with E-state index in [2.05, 4.69) is 35.9 Å². The van der Waals surface area contributed by atoms with Crippen molar-refractivity contribution < 1.29 is 9.00 Å². The fourth-order valence-corrected chi connectivity index (χ4v) is 6.54. The molecule has 2 bridgehead atoms. The number of carbonyl (C=O) groups excluding carboxylic acids is 1. The maximum Gasteiger partial charge on any atom is 0.237 e. The quantitative estimate of drug-likeness (QED) is 0.811. The van der Waals surface area contributed by atoms with E-state index in [-0.39, 0.29) is 23.0 Å². The SMILES string of the molecule is CC12c3ccccc3C(c3ccccc31)C1C2C(=O)NS1=O. The standard InChI is InChI=1S/C18H15NO2S/c1-18-12-8-4-2-6-10(12)14(11-7-3-5-9-13(11)18)16-15(18)17(20)19-22(16)21/h2-9,14-16H,1H3,(H,19,20). The van der Waals surface area contributed by atoms with Gasteiger partial charge in [-0.25, -0.2) is 4.21 Å². The molecular weight excluding hydrogens is 294 g/mol. The normalized spacial score (nSPS) is 37.2. The van der Waals surface area contributed by atoms with E-state index in [1.807, 2.05) is 24.3 Å². The summed E-state index contributed by atoms with van der Waals surface area (Å²) in [7, 11) is -1.31. The summed E-state index contributed by atoms with van der Waals surface area (Å²) in [5, 5.41) is -0.165. The van der Waals surface area contributed by atoms with Gasteiger partial charge in [0.1, 0.15) is 11.0 Å². The molecule has 0 spiro atoms. The van der Waals surface area contributed by atoms with Gasteiger partial charge >= 0.3 is 0 Å². The maximum absolute atomic E-state index is 12.5. The third-order valence-corrected chi connectivity index (χ3v) is 7.16. The molecule has 110 valence electrons. The summed E-state index contributed by atoms with van der Waals surface area (Å²) < 4.78 is 15.2. The van der Waals surface area contributed by atoms with Gasteiger partial charge in [-0.1, -0.05) is 55.5 Å². The minimum absolute atomic E-state index is 0.0407. The lowest BCUT2D eigenvalue weighted by molar-refractivity contribution is -0.124. The van der Waals surface area contributed by atoms with Crippen LogP contribution in [0.4, 0.5) is 0 Å². The minimum Gasteiger partial charge on any atom is -0.275 e. The highest BCUT2D eigenvalue weighted by Crippen LogP contribution is 2.61. The Balaban J connectivity index is 1.94. The van der Waals surface area contributed by atoms with Gasteiger partial charge < -0.3 is 0 Å². The molecule has 1 aliphatic heterocycles. The molecule has 4 aliphatic rings. The largest absolute Gasteiger partial charge is 0.275 e. The molecule has 6 rings (SSSR count). The summed E-state index contributed by atoms with van der Waals surface area (Å²) in [6, 6.07) is 16.7. The van der Waals surface area contributed by atoms with Crippen LogP contribution in [0.3, 0.4) is 0 Å². The molecule has 3 nitrogen and oxygen atoms in total. The van der Waals surface area contributed by atoms with Crippen molar-refractivity contribution in [3.05, 3.63) is 70.8 Å². The third kappa shape index (κ3) is 1.20. The monoisotopic (exact) mass is 309 g/mol. The predicted octanol–water partition coefficient (Wildman–Crippen LogP) is 2.23. The third-order valence-electron chi connectivity index (χ3n) is 5.72. The van der Waals surface area contributed by atoms with Crippen LogP contribution in [0.1, 0.15) is 35.1 Å². The molecule has 1 amide bonds. The molecular formula is C18H15NO2S. The topological polar surface area (TPSA) is 46.2 Å². The number of benzene rings is 2. The van der Waals surface area contributed by atoms with Crippen molar-refractivity contribution in [2.24, 2.45) is 5.92 Å². The van der Waals surface area contributed by atoms with Crippen LogP contribution in [-0.4, -0.2) is 15.4 Å². The first kappa shape index (κ1) is 12.6. The Morgan fingerprint density at radius 3 is 2.14 bits per heavy atom. The van der Waals surface area contributed by atoms with E-state index in [4.69, 9.17) is 0 Å². The van der Waals surface area contributed by atoms with E-state index in [9.17, 15) is 9.00 Å². The van der Waals surface area contributed by atoms with E-state index < -0.39 is 16.4 Å². The molecule has 3 aliphatic carbocycles. The van der Waals surface area contributed by atoms with Gasteiger partial charge in [0.25, 0.3) is 0 Å². The lowest BCUT2D eigenvalue weighted by Gasteiger charge is -2.52. The molecule has 0 saturated carbocycles. The van der Waals surface area contributed by atoms with Gasteiger partial charge in [0.15, 0.2) is 0 Å². The Morgan fingerprint density at radius 2 is 1.55 bits per heavy atom. The van der Waals surface area contributed by atoms with Crippen molar-refractivity contribution in [3.8, 4) is 0 Å². The van der Waals surface area contributed by atoms with Gasteiger partial charge in [-0.15, -0.1) is 0 Å². The van der Waals surface area contributed by atoms with Gasteiger partial charge in [-0.3, -0.25) is 9.52 Å². The highest BCUT2D eigenvalue weighted by Gasteiger charge is 2.63. The first-order valence-electron chi connectivity index (χ1n) is 7.54. The van der Waals surface area contributed by atoms with Gasteiger partial charge in [-0.05, 0) is 22.3 Å². The van der Waals surface area contributed by atoms with Crippen LogP contribution < -0.4 is 4.72 Å². The predicted molar refractivity (Wildman–Crippen MR) is 84.7 cm³/mol. The average Bonchev–Trinajstić information content (AvgIpc) is 2.84. The molecule has 0 aromatic heterocycles. The van der Waals surface area contributed by atoms with E-state index >= 15 is 0 Å². The molecule has 3 atom stereocenters. The van der Waals surface area contributed by atoms with Crippen LogP contribution in [0.25, 0.3) is 0 Å². The molecule has 1 N–H and O–H groups in total. The van der Waals surface area contributed by atoms with Gasteiger partial charge in [0.05, 0.1) is 11.2 Å². The zero-order valence-electron chi connectivity index (χ0n) is 12.1. The van der Waals surface area contributed by atoms with Crippen molar-refractivity contribution >= 4 is 16.9 Å². The number of amides is 1. The Hall–Kier alpha value is -1.94. The van der Waals surface area contributed by atoms with Crippen LogP contribution in [-0.2, 0) is 21.2 Å². The maximum atomic E-state index is 12.5. The molecule has 3 unspecified atom stereocenters. The fourth-order valence-electron chi connectivity index (χ4n) is 4.89. The summed E-state index contributed by atoms with van der Waals surface area (Å²) in [6.07, 6.45) is 0. The van der Waals surface area contributed by atoms with Gasteiger partial charge in [0, 0.05) is 11.3 Å². The van der Waals surface area contributed by atoms with Crippen molar-refractivity contribution in [2.45, 2.75) is 23.5 Å². The molecule has 1 fully saturated rings. The van der Waals surface area contributed by atoms with Crippen molar-refractivity contribution in [1.82, 2.24) is 4.72 Å². The number of nitrogens with one attached hydrogen (secondary N) is 1. The summed E-state index contributed by atoms with van der Waals surface area (Å²) in [4.78, 5) is 12.5. The lowest BCUT2D eigenvalue weighted by Crippen LogP contribution is -2.53. The van der Waals surface area contributed by atoms with Crippen LogP contribution >= 0.6 is 0 Å². The molecule has 1 heterocycles. The summed E-state index contributed by atoms with van der Waals surface area (Å²) in [6.45, 7) is 2.14. The molecule has 2 aromatic carbocycles. The highest BCUT2D eigenvalue weighted by atomic mass is 32.2. The molecule has 0 radical (unpaired) electrons. The Kier molecular flexibility index (Phi) is 2.22.